The smallest absolute Gasteiger partial charge is 0.269 e. The van der Waals surface area contributed by atoms with Crippen LogP contribution in [0.3, 0.4) is 0 Å². The monoisotopic (exact) mass is 531 g/mol. The van der Waals surface area contributed by atoms with Crippen LogP contribution in [0.15, 0.2) is 53.4 Å². The number of hydrogen-bond donors (Lipinski definition) is 1. The van der Waals surface area contributed by atoms with Crippen LogP contribution in [0.25, 0.3) is 0 Å². The normalized spacial score (nSPS) is 17.6. The molecule has 0 aromatic heterocycles. The Morgan fingerprint density at radius 1 is 1.11 bits per heavy atom. The zero-order valence-electron chi connectivity index (χ0n) is 20.2. The second-order valence-electron chi connectivity index (χ2n) is 9.26. The van der Waals surface area contributed by atoms with Crippen molar-refractivity contribution in [3.05, 3.63) is 64.7 Å². The van der Waals surface area contributed by atoms with E-state index in [1.54, 1.807) is 37.3 Å². The first-order chi connectivity index (χ1) is 17.2. The van der Waals surface area contributed by atoms with E-state index in [0.717, 1.165) is 30.0 Å². The summed E-state index contributed by atoms with van der Waals surface area (Å²) in [6.07, 6.45) is 4.11. The Kier molecular flexibility index (Phi) is 8.00. The van der Waals surface area contributed by atoms with Gasteiger partial charge in [-0.3, -0.25) is 14.4 Å². The van der Waals surface area contributed by atoms with Crippen LogP contribution in [-0.2, 0) is 26.2 Å². The van der Waals surface area contributed by atoms with E-state index in [1.807, 2.05) is 6.07 Å². The first-order valence-corrected chi connectivity index (χ1v) is 14.0. The molecular weight excluding hydrogens is 502 g/mol. The van der Waals surface area contributed by atoms with Gasteiger partial charge in [0.15, 0.2) is 0 Å². The molecule has 1 N–H and O–H groups in total. The van der Waals surface area contributed by atoms with Crippen LogP contribution in [-0.4, -0.2) is 54.0 Å². The molecule has 1 saturated carbocycles. The van der Waals surface area contributed by atoms with Gasteiger partial charge >= 0.3 is 0 Å². The van der Waals surface area contributed by atoms with Gasteiger partial charge in [0.25, 0.3) is 15.9 Å². The highest BCUT2D eigenvalue weighted by molar-refractivity contribution is 7.90. The minimum atomic E-state index is -3.93. The summed E-state index contributed by atoms with van der Waals surface area (Å²) in [5.41, 5.74) is 0.849. The van der Waals surface area contributed by atoms with Crippen molar-refractivity contribution in [2.24, 2.45) is 0 Å². The third-order valence-electron chi connectivity index (χ3n) is 6.83. The summed E-state index contributed by atoms with van der Waals surface area (Å²) in [6.45, 7) is 1.71. The number of benzene rings is 2. The molecule has 3 amide bonds. The first kappa shape index (κ1) is 26.2. The third-order valence-corrected chi connectivity index (χ3v) is 9.04. The van der Waals surface area contributed by atoms with Gasteiger partial charge in [0.1, 0.15) is 10.9 Å². The molecule has 0 bridgehead atoms. The molecule has 0 saturated heterocycles. The van der Waals surface area contributed by atoms with Crippen molar-refractivity contribution in [2.45, 2.75) is 69.0 Å². The quantitative estimate of drug-likeness (QED) is 0.531. The van der Waals surface area contributed by atoms with E-state index >= 15 is 0 Å². The summed E-state index contributed by atoms with van der Waals surface area (Å²) in [5.74, 6) is -1.13. The highest BCUT2D eigenvalue weighted by Crippen LogP contribution is 2.30. The topological polar surface area (TPSA) is 104 Å². The first-order valence-electron chi connectivity index (χ1n) is 12.2. The number of rotatable bonds is 9. The van der Waals surface area contributed by atoms with Crippen LogP contribution in [0.2, 0.25) is 5.02 Å². The van der Waals surface area contributed by atoms with E-state index in [1.165, 1.54) is 17.0 Å². The number of sulfonamides is 1. The van der Waals surface area contributed by atoms with Crippen LogP contribution >= 0.6 is 11.6 Å². The predicted octanol–water partition coefficient (Wildman–Crippen LogP) is 3.74. The minimum Gasteiger partial charge on any atom is -0.352 e. The van der Waals surface area contributed by atoms with Crippen molar-refractivity contribution in [3.8, 4) is 0 Å². The maximum Gasteiger partial charge on any atom is 0.269 e. The summed E-state index contributed by atoms with van der Waals surface area (Å²) >= 11 is 6.33. The zero-order chi connectivity index (χ0) is 25.9. The maximum absolute atomic E-state index is 13.3. The average molecular weight is 532 g/mol. The Labute approximate surface area is 216 Å². The van der Waals surface area contributed by atoms with Crippen LogP contribution in [0, 0.1) is 0 Å². The lowest BCUT2D eigenvalue weighted by molar-refractivity contribution is -0.141. The van der Waals surface area contributed by atoms with E-state index in [4.69, 9.17) is 11.6 Å². The lowest BCUT2D eigenvalue weighted by Crippen LogP contribution is -2.49. The molecule has 1 unspecified atom stereocenters. The predicted molar refractivity (Wildman–Crippen MR) is 136 cm³/mol. The van der Waals surface area contributed by atoms with Gasteiger partial charge in [-0.2, -0.15) is 0 Å². The summed E-state index contributed by atoms with van der Waals surface area (Å²) in [4.78, 5) is 40.4. The molecule has 2 aromatic rings. The Morgan fingerprint density at radius 3 is 2.47 bits per heavy atom. The summed E-state index contributed by atoms with van der Waals surface area (Å²) < 4.78 is 26.4. The van der Waals surface area contributed by atoms with Gasteiger partial charge in [0.05, 0.1) is 5.56 Å². The molecule has 2 aromatic carbocycles. The van der Waals surface area contributed by atoms with Gasteiger partial charge < -0.3 is 10.2 Å². The number of nitrogens with one attached hydrogen (secondary N) is 1. The lowest BCUT2D eigenvalue weighted by atomic mass is 10.1. The van der Waals surface area contributed by atoms with Gasteiger partial charge in [-0.05, 0) is 49.9 Å². The fourth-order valence-electron chi connectivity index (χ4n) is 4.75. The minimum absolute atomic E-state index is 0.0149. The number of amides is 3. The van der Waals surface area contributed by atoms with E-state index in [0.29, 0.717) is 10.6 Å². The number of hydrogen-bond acceptors (Lipinski definition) is 5. The number of halogens is 1. The fraction of sp³-hybridized carbons (Fsp3) is 0.423. The highest BCUT2D eigenvalue weighted by atomic mass is 35.5. The molecule has 4 rings (SSSR count). The Bertz CT molecular complexity index is 1260. The van der Waals surface area contributed by atoms with E-state index < -0.39 is 22.0 Å². The standard InChI is InChI=1S/C26H30ClN3O5S/c1-18(25(32)28-20-10-3-4-11-20)29(17-19-9-2-6-13-22(19)27)24(31)15-8-16-30-26(33)21-12-5-7-14-23(21)36(30,34)35/h2,5-7,9,12-14,18,20H,3-4,8,10-11,15-17H2,1H3,(H,28,32). The molecule has 0 spiro atoms. The van der Waals surface area contributed by atoms with Crippen LogP contribution in [0.5, 0.6) is 0 Å². The summed E-state index contributed by atoms with van der Waals surface area (Å²) in [6, 6.07) is 12.6. The molecule has 2 aliphatic rings. The molecule has 8 nitrogen and oxygen atoms in total. The SMILES string of the molecule is CC(C(=O)NC1CCCC1)N(Cc1ccccc1Cl)C(=O)CCCN1C(=O)c2ccccc2S1(=O)=O. The van der Waals surface area contributed by atoms with Crippen LogP contribution in [0.4, 0.5) is 0 Å². The van der Waals surface area contributed by atoms with Gasteiger partial charge in [0, 0.05) is 30.6 Å². The fourth-order valence-corrected chi connectivity index (χ4v) is 6.56. The van der Waals surface area contributed by atoms with Crippen LogP contribution in [0.1, 0.15) is 61.4 Å². The van der Waals surface area contributed by atoms with Gasteiger partial charge in [-0.1, -0.05) is 54.8 Å². The van der Waals surface area contributed by atoms with E-state index in [-0.39, 0.29) is 54.2 Å². The molecule has 1 aliphatic heterocycles. The van der Waals surface area contributed by atoms with Gasteiger partial charge in [-0.15, -0.1) is 0 Å². The summed E-state index contributed by atoms with van der Waals surface area (Å²) in [7, 11) is -3.93. The molecular formula is C26H30ClN3O5S. The zero-order valence-corrected chi connectivity index (χ0v) is 21.7. The number of fused-ring (bicyclic) bond motifs is 1. The third kappa shape index (κ3) is 5.42. The molecule has 10 heteroatoms. The largest absolute Gasteiger partial charge is 0.352 e. The average Bonchev–Trinajstić information content (AvgIpc) is 3.44. The van der Waals surface area contributed by atoms with Crippen molar-refractivity contribution < 1.29 is 22.8 Å². The molecule has 0 radical (unpaired) electrons. The van der Waals surface area contributed by atoms with E-state index in [2.05, 4.69) is 5.32 Å². The Morgan fingerprint density at radius 2 is 1.78 bits per heavy atom. The van der Waals surface area contributed by atoms with Crippen molar-refractivity contribution >= 4 is 39.3 Å². The molecule has 1 atom stereocenters. The maximum atomic E-state index is 13.3. The molecule has 1 aliphatic carbocycles. The number of nitrogens with zero attached hydrogens (tertiary/aromatic N) is 2. The molecule has 1 fully saturated rings. The van der Waals surface area contributed by atoms with Crippen molar-refractivity contribution in [1.82, 2.24) is 14.5 Å². The van der Waals surface area contributed by atoms with E-state index in [9.17, 15) is 22.8 Å². The molecule has 192 valence electrons. The molecule has 36 heavy (non-hydrogen) atoms. The second-order valence-corrected chi connectivity index (χ2v) is 11.5. The Hall–Kier alpha value is -2.91. The summed E-state index contributed by atoms with van der Waals surface area (Å²) in [5, 5.41) is 3.53. The number of carbonyl (C=O) groups excluding carboxylic acids is 3. The number of carbonyl (C=O) groups is 3. The van der Waals surface area contributed by atoms with Crippen molar-refractivity contribution in [3.63, 3.8) is 0 Å². The van der Waals surface area contributed by atoms with Crippen LogP contribution < -0.4 is 5.32 Å². The highest BCUT2D eigenvalue weighted by Gasteiger charge is 2.40. The van der Waals surface area contributed by atoms with Crippen molar-refractivity contribution in [2.75, 3.05) is 6.54 Å². The molecule has 1 heterocycles. The second kappa shape index (κ2) is 11.0. The van der Waals surface area contributed by atoms with Crippen molar-refractivity contribution in [1.29, 1.82) is 0 Å². The lowest BCUT2D eigenvalue weighted by Gasteiger charge is -2.30. The Balaban J connectivity index is 1.44. The van der Waals surface area contributed by atoms with Gasteiger partial charge in [-0.25, -0.2) is 12.7 Å². The van der Waals surface area contributed by atoms with Gasteiger partial charge in [0.2, 0.25) is 11.8 Å².